The molecule has 1 aliphatic carbocycles. The van der Waals surface area contributed by atoms with Crippen LogP contribution in [-0.4, -0.2) is 22.5 Å². The van der Waals surface area contributed by atoms with Gasteiger partial charge < -0.3 is 11.5 Å². The van der Waals surface area contributed by atoms with Crippen molar-refractivity contribution in [2.24, 2.45) is 27.8 Å². The molecule has 0 bridgehead atoms. The van der Waals surface area contributed by atoms with E-state index in [0.29, 0.717) is 29.0 Å². The van der Waals surface area contributed by atoms with Crippen LogP contribution in [0.5, 0.6) is 0 Å². The lowest BCUT2D eigenvalue weighted by Crippen LogP contribution is -2.48. The third-order valence-electron chi connectivity index (χ3n) is 6.42. The summed E-state index contributed by atoms with van der Waals surface area (Å²) in [5.74, 6) is -0.985. The van der Waals surface area contributed by atoms with Gasteiger partial charge in [-0.2, -0.15) is 5.26 Å². The second-order valence-electron chi connectivity index (χ2n) is 8.34. The number of amides is 1. The molecule has 0 radical (unpaired) electrons. The van der Waals surface area contributed by atoms with E-state index in [2.05, 4.69) is 11.1 Å². The highest BCUT2D eigenvalue weighted by molar-refractivity contribution is 8.14. The summed E-state index contributed by atoms with van der Waals surface area (Å²) >= 11 is 1.22. The maximum Gasteiger partial charge on any atom is 0.228 e. The van der Waals surface area contributed by atoms with Crippen molar-refractivity contribution in [3.05, 3.63) is 45.8 Å². The van der Waals surface area contributed by atoms with Crippen LogP contribution >= 0.6 is 11.8 Å². The predicted molar refractivity (Wildman–Crippen MR) is 120 cm³/mol. The third-order valence-corrected chi connectivity index (χ3v) is 7.45. The van der Waals surface area contributed by atoms with Crippen LogP contribution in [0.3, 0.4) is 0 Å². The number of ketones is 1. The summed E-state index contributed by atoms with van der Waals surface area (Å²) in [4.78, 5) is 29.8. The van der Waals surface area contributed by atoms with Gasteiger partial charge in [-0.25, -0.2) is 4.99 Å². The zero-order valence-corrected chi connectivity index (χ0v) is 18.6. The van der Waals surface area contributed by atoms with Crippen molar-refractivity contribution in [1.82, 2.24) is 0 Å². The number of benzene rings is 1. The molecule has 4 N–H and O–H groups in total. The Morgan fingerprint density at radius 3 is 2.40 bits per heavy atom. The number of Topliss-reactive ketones (excluding diaryl/α,β-unsaturated/α-hetero) is 1. The highest BCUT2D eigenvalue weighted by atomic mass is 32.2. The Bertz CT molecular complexity index is 997. The molecule has 3 rings (SSSR count). The summed E-state index contributed by atoms with van der Waals surface area (Å²) in [6.45, 7) is 5.92. The smallest absolute Gasteiger partial charge is 0.228 e. The number of rotatable bonds is 4. The minimum Gasteiger partial charge on any atom is -0.383 e. The Kier molecular flexibility index (Phi) is 6.37. The van der Waals surface area contributed by atoms with Gasteiger partial charge in [0.15, 0.2) is 5.78 Å². The van der Waals surface area contributed by atoms with E-state index in [1.807, 2.05) is 32.9 Å². The van der Waals surface area contributed by atoms with E-state index >= 15 is 0 Å². The molecule has 1 aromatic rings. The number of allylic oxidation sites excluding steroid dienone is 1. The zero-order valence-electron chi connectivity index (χ0n) is 17.7. The summed E-state index contributed by atoms with van der Waals surface area (Å²) in [5.41, 5.74) is 15.4. The van der Waals surface area contributed by atoms with Crippen molar-refractivity contribution in [2.45, 2.75) is 52.9 Å². The Morgan fingerprint density at radius 2 is 1.80 bits per heavy atom. The van der Waals surface area contributed by atoms with Crippen molar-refractivity contribution >= 4 is 28.5 Å². The highest BCUT2D eigenvalue weighted by Gasteiger charge is 2.51. The summed E-state index contributed by atoms with van der Waals surface area (Å²) in [7, 11) is 0. The fourth-order valence-corrected chi connectivity index (χ4v) is 5.86. The van der Waals surface area contributed by atoms with Gasteiger partial charge in [0.05, 0.1) is 28.4 Å². The molecular formula is C23H28N4O2S. The molecule has 1 saturated carbocycles. The Labute approximate surface area is 181 Å². The van der Waals surface area contributed by atoms with Gasteiger partial charge in [-0.3, -0.25) is 9.59 Å². The second kappa shape index (κ2) is 8.65. The molecule has 0 saturated heterocycles. The number of aliphatic imine (C=N–C) groups is 1. The fraction of sp³-hybridized carbons (Fsp3) is 0.478. The number of hydrogen-bond acceptors (Lipinski definition) is 6. The highest BCUT2D eigenvalue weighted by Crippen LogP contribution is 2.52. The number of aryl methyl sites for hydroxylation is 3. The van der Waals surface area contributed by atoms with Crippen LogP contribution in [0.4, 0.5) is 0 Å². The van der Waals surface area contributed by atoms with Gasteiger partial charge >= 0.3 is 0 Å². The molecule has 1 amide bonds. The van der Waals surface area contributed by atoms with Gasteiger partial charge in [-0.15, -0.1) is 11.8 Å². The van der Waals surface area contributed by atoms with Crippen molar-refractivity contribution in [2.75, 3.05) is 5.75 Å². The number of primary amides is 1. The first-order valence-corrected chi connectivity index (χ1v) is 11.2. The summed E-state index contributed by atoms with van der Waals surface area (Å²) in [6, 6.07) is 6.11. The molecule has 6 nitrogen and oxygen atoms in total. The van der Waals surface area contributed by atoms with Crippen LogP contribution in [0.25, 0.3) is 0 Å². The molecule has 158 valence electrons. The quantitative estimate of drug-likeness (QED) is 0.714. The Hall–Kier alpha value is -2.59. The minimum absolute atomic E-state index is 0.0298. The monoisotopic (exact) mass is 424 g/mol. The van der Waals surface area contributed by atoms with Gasteiger partial charge in [0.25, 0.3) is 0 Å². The van der Waals surface area contributed by atoms with Crippen molar-refractivity contribution in [3.63, 3.8) is 0 Å². The summed E-state index contributed by atoms with van der Waals surface area (Å²) < 4.78 is 0. The van der Waals surface area contributed by atoms with E-state index in [-0.39, 0.29) is 17.4 Å². The van der Waals surface area contributed by atoms with E-state index in [1.165, 1.54) is 11.8 Å². The van der Waals surface area contributed by atoms with Gasteiger partial charge in [0.2, 0.25) is 5.91 Å². The number of thioether (sulfide) groups is 1. The maximum absolute atomic E-state index is 12.9. The molecule has 1 aromatic carbocycles. The number of nitriles is 1. The molecule has 1 heterocycles. The lowest BCUT2D eigenvalue weighted by molar-refractivity contribution is -0.123. The van der Waals surface area contributed by atoms with Crippen LogP contribution in [0.15, 0.2) is 28.5 Å². The first-order valence-electron chi connectivity index (χ1n) is 10.2. The van der Waals surface area contributed by atoms with Gasteiger partial charge in [0, 0.05) is 11.0 Å². The lowest BCUT2D eigenvalue weighted by atomic mass is 9.61. The normalized spacial score (nSPS) is 20.6. The van der Waals surface area contributed by atoms with E-state index < -0.39 is 17.2 Å². The molecule has 2 aliphatic rings. The first-order chi connectivity index (χ1) is 14.2. The maximum atomic E-state index is 12.9. The second-order valence-corrected chi connectivity index (χ2v) is 9.33. The van der Waals surface area contributed by atoms with Crippen molar-refractivity contribution in [1.29, 1.82) is 5.26 Å². The molecule has 1 atom stereocenters. The molecule has 30 heavy (non-hydrogen) atoms. The molecule has 1 aliphatic heterocycles. The topological polar surface area (TPSA) is 122 Å². The van der Waals surface area contributed by atoms with E-state index in [9.17, 15) is 14.9 Å². The average molecular weight is 425 g/mol. The molecular weight excluding hydrogens is 396 g/mol. The summed E-state index contributed by atoms with van der Waals surface area (Å²) in [6.07, 6.45) is 4.21. The molecule has 0 aromatic heterocycles. The number of hydrogen-bond donors (Lipinski definition) is 2. The molecule has 1 spiro atoms. The molecule has 0 unspecified atom stereocenters. The SMILES string of the molecule is Cc1cc(C)c(C(=O)CSC2=NC(N)=C(C#N)C3(CCCCC3)[C@@H]2C(N)=O)cc1C. The summed E-state index contributed by atoms with van der Waals surface area (Å²) in [5, 5.41) is 10.2. The Balaban J connectivity index is 1.92. The van der Waals surface area contributed by atoms with Crippen LogP contribution < -0.4 is 11.5 Å². The fourth-order valence-electron chi connectivity index (χ4n) is 4.75. The number of nitrogens with zero attached hydrogens (tertiary/aromatic N) is 2. The van der Waals surface area contributed by atoms with Gasteiger partial charge in [-0.05, 0) is 56.4 Å². The largest absolute Gasteiger partial charge is 0.383 e. The minimum atomic E-state index is -0.724. The van der Waals surface area contributed by atoms with E-state index in [0.717, 1.165) is 36.0 Å². The predicted octanol–water partition coefficient (Wildman–Crippen LogP) is 3.69. The number of carbonyl (C=O) groups is 2. The van der Waals surface area contributed by atoms with Gasteiger partial charge in [-0.1, -0.05) is 25.3 Å². The van der Waals surface area contributed by atoms with Crippen LogP contribution in [-0.2, 0) is 4.79 Å². The zero-order chi connectivity index (χ0) is 22.1. The van der Waals surface area contributed by atoms with Crippen LogP contribution in [0, 0.1) is 43.4 Å². The van der Waals surface area contributed by atoms with Crippen molar-refractivity contribution < 1.29 is 9.59 Å². The Morgan fingerprint density at radius 1 is 1.17 bits per heavy atom. The molecule has 1 fully saturated rings. The van der Waals surface area contributed by atoms with Crippen LogP contribution in [0.2, 0.25) is 0 Å². The van der Waals surface area contributed by atoms with Crippen molar-refractivity contribution in [3.8, 4) is 6.07 Å². The third kappa shape index (κ3) is 3.89. The first kappa shape index (κ1) is 22.1. The van der Waals surface area contributed by atoms with Crippen LogP contribution in [0.1, 0.15) is 59.2 Å². The number of nitrogens with two attached hydrogens (primary N) is 2. The van der Waals surface area contributed by atoms with E-state index in [1.54, 1.807) is 0 Å². The standard InChI is InChI=1S/C23H28N4O2S/c1-13-9-15(3)16(10-14(13)2)18(28)12-30-22-19(21(26)29)23(7-5-4-6-8-23)17(11-24)20(25)27-22/h9-10,19H,4-8,12,25H2,1-3H3,(H2,26,29)/t19-/m1/s1. The lowest BCUT2D eigenvalue weighted by Gasteiger charge is -2.44. The molecule has 7 heteroatoms. The van der Waals surface area contributed by atoms with E-state index in [4.69, 9.17) is 11.5 Å². The average Bonchev–Trinajstić information content (AvgIpc) is 2.69. The number of carbonyl (C=O) groups excluding carboxylic acids is 2. The van der Waals surface area contributed by atoms with Gasteiger partial charge in [0.1, 0.15) is 5.82 Å².